The number of carbonyl (C=O) groups is 1. The fraction of sp³-hybridized carbons (Fsp3) is 0.429. The number of rotatable bonds is 9. The summed E-state index contributed by atoms with van der Waals surface area (Å²) in [5.74, 6) is 0.803. The summed E-state index contributed by atoms with van der Waals surface area (Å²) >= 11 is 0. The van der Waals surface area contributed by atoms with Crippen molar-refractivity contribution in [1.29, 1.82) is 5.26 Å². The first-order valence-electron chi connectivity index (χ1n) is 12.8. The Morgan fingerprint density at radius 1 is 1.15 bits per heavy atom. The van der Waals surface area contributed by atoms with Crippen LogP contribution in [-0.2, 0) is 17.6 Å². The third-order valence-electron chi connectivity index (χ3n) is 6.39. The average Bonchev–Trinajstić information content (AvgIpc) is 3.31. The highest BCUT2D eigenvalue weighted by molar-refractivity contribution is 5.85. The molecule has 1 aliphatic rings. The fourth-order valence-corrected chi connectivity index (χ4v) is 4.37. The van der Waals surface area contributed by atoms with Crippen molar-refractivity contribution in [1.82, 2.24) is 20.4 Å². The van der Waals surface area contributed by atoms with Crippen molar-refractivity contribution in [3.05, 3.63) is 53.1 Å². The molecule has 0 bridgehead atoms. The molecule has 0 spiro atoms. The average molecular weight is 556 g/mol. The van der Waals surface area contributed by atoms with E-state index in [2.05, 4.69) is 38.6 Å². The highest BCUT2D eigenvalue weighted by atomic mass is 35.5. The Kier molecular flexibility index (Phi) is 10.4. The van der Waals surface area contributed by atoms with Crippen molar-refractivity contribution in [3.63, 3.8) is 0 Å². The Balaban J connectivity index is 0.00000420. The minimum absolute atomic E-state index is 0. The van der Waals surface area contributed by atoms with Crippen LogP contribution >= 0.6 is 12.4 Å². The van der Waals surface area contributed by atoms with Gasteiger partial charge in [-0.3, -0.25) is 9.69 Å². The summed E-state index contributed by atoms with van der Waals surface area (Å²) in [6, 6.07) is 13.0. The molecular weight excluding hydrogens is 522 g/mol. The number of aliphatic hydroxyl groups is 2. The van der Waals surface area contributed by atoms with Crippen LogP contribution in [-0.4, -0.2) is 75.7 Å². The lowest BCUT2D eigenvalue weighted by molar-refractivity contribution is -0.131. The van der Waals surface area contributed by atoms with Crippen LogP contribution in [0, 0.1) is 11.3 Å². The van der Waals surface area contributed by atoms with Gasteiger partial charge in [-0.25, -0.2) is 0 Å². The first-order valence-corrected chi connectivity index (χ1v) is 12.8. The van der Waals surface area contributed by atoms with Crippen LogP contribution in [0.2, 0.25) is 0 Å². The summed E-state index contributed by atoms with van der Waals surface area (Å²) in [7, 11) is 0. The predicted octanol–water partition coefficient (Wildman–Crippen LogP) is 2.74. The molecule has 0 fully saturated rings. The van der Waals surface area contributed by atoms with Gasteiger partial charge in [-0.1, -0.05) is 17.3 Å². The molecule has 208 valence electrons. The Morgan fingerprint density at radius 3 is 2.56 bits per heavy atom. The highest BCUT2D eigenvalue weighted by Crippen LogP contribution is 2.29. The van der Waals surface area contributed by atoms with E-state index in [4.69, 9.17) is 14.4 Å². The van der Waals surface area contributed by atoms with Gasteiger partial charge in [0.1, 0.15) is 17.9 Å². The van der Waals surface area contributed by atoms with Crippen LogP contribution in [0.4, 0.5) is 0 Å². The summed E-state index contributed by atoms with van der Waals surface area (Å²) in [4.78, 5) is 18.8. The number of nitrogens with zero attached hydrogens (tertiary/aromatic N) is 4. The van der Waals surface area contributed by atoms with E-state index in [1.807, 2.05) is 19.9 Å². The second-order valence-corrected chi connectivity index (χ2v) is 9.80. The maximum atomic E-state index is 12.1. The lowest BCUT2D eigenvalue weighted by atomic mass is 10.00. The second-order valence-electron chi connectivity index (χ2n) is 9.80. The van der Waals surface area contributed by atoms with Crippen molar-refractivity contribution in [2.24, 2.45) is 0 Å². The molecule has 4 rings (SSSR count). The van der Waals surface area contributed by atoms with Crippen LogP contribution < -0.4 is 10.1 Å². The normalized spacial score (nSPS) is 14.9. The molecule has 0 unspecified atom stereocenters. The topological polar surface area (TPSA) is 145 Å². The molecule has 3 aromatic rings. The minimum atomic E-state index is -1.16. The molecule has 10 nitrogen and oxygen atoms in total. The van der Waals surface area contributed by atoms with Crippen LogP contribution in [0.1, 0.15) is 37.5 Å². The van der Waals surface area contributed by atoms with Gasteiger partial charge in [0.05, 0.1) is 18.3 Å². The molecule has 0 radical (unpaired) electrons. The number of halogens is 1. The Morgan fingerprint density at radius 2 is 1.87 bits per heavy atom. The zero-order valence-corrected chi connectivity index (χ0v) is 23.1. The van der Waals surface area contributed by atoms with Gasteiger partial charge in [-0.15, -0.1) is 12.4 Å². The van der Waals surface area contributed by atoms with Gasteiger partial charge in [-0.2, -0.15) is 10.2 Å². The summed E-state index contributed by atoms with van der Waals surface area (Å²) in [6.45, 7) is 6.94. The van der Waals surface area contributed by atoms with Crippen molar-refractivity contribution in [2.45, 2.75) is 51.9 Å². The lowest BCUT2D eigenvalue weighted by Gasteiger charge is -2.23. The number of nitriles is 1. The van der Waals surface area contributed by atoms with E-state index in [1.54, 1.807) is 25.1 Å². The van der Waals surface area contributed by atoms with Crippen molar-refractivity contribution < 1.29 is 24.3 Å². The highest BCUT2D eigenvalue weighted by Gasteiger charge is 2.23. The number of fused-ring (bicyclic) bond motifs is 1. The van der Waals surface area contributed by atoms with Crippen LogP contribution in [0.3, 0.4) is 0 Å². The monoisotopic (exact) mass is 555 g/mol. The van der Waals surface area contributed by atoms with Crippen molar-refractivity contribution in [2.75, 3.05) is 26.2 Å². The number of aromatic nitrogens is 2. The first kappa shape index (κ1) is 30.1. The quantitative estimate of drug-likeness (QED) is 0.363. The van der Waals surface area contributed by atoms with Gasteiger partial charge in [0.15, 0.2) is 0 Å². The van der Waals surface area contributed by atoms with Crippen LogP contribution in [0.5, 0.6) is 5.75 Å². The van der Waals surface area contributed by atoms with E-state index >= 15 is 0 Å². The summed E-state index contributed by atoms with van der Waals surface area (Å²) < 4.78 is 11.2. The Hall–Kier alpha value is -3.49. The van der Waals surface area contributed by atoms with Crippen molar-refractivity contribution >= 4 is 18.3 Å². The number of benzene rings is 2. The van der Waals surface area contributed by atoms with Crippen LogP contribution in [0.15, 0.2) is 40.9 Å². The maximum Gasteiger partial charge on any atom is 0.258 e. The third-order valence-corrected chi connectivity index (χ3v) is 6.39. The molecule has 0 saturated heterocycles. The lowest BCUT2D eigenvalue weighted by Crippen LogP contribution is -2.47. The SMILES string of the molecule is CC(C)Oc1ccc(-c2nc(-c3ccc4c(c3)CCN(C[C@@H](O)C(=O)N[C@H](C)CO)CC4)no2)cc1C#N.Cl. The first-order chi connectivity index (χ1) is 18.3. The van der Waals surface area contributed by atoms with Gasteiger partial charge < -0.3 is 24.8 Å². The molecule has 2 atom stereocenters. The fourth-order valence-electron chi connectivity index (χ4n) is 4.37. The van der Waals surface area contributed by atoms with Crippen molar-refractivity contribution in [3.8, 4) is 34.7 Å². The number of hydrogen-bond acceptors (Lipinski definition) is 9. The molecule has 0 saturated carbocycles. The van der Waals surface area contributed by atoms with E-state index in [0.29, 0.717) is 35.1 Å². The molecule has 2 aromatic carbocycles. The largest absolute Gasteiger partial charge is 0.490 e. The maximum absolute atomic E-state index is 12.1. The smallest absolute Gasteiger partial charge is 0.258 e. The van der Waals surface area contributed by atoms with Gasteiger partial charge in [0, 0.05) is 36.8 Å². The van der Waals surface area contributed by atoms with E-state index in [9.17, 15) is 15.2 Å². The van der Waals surface area contributed by atoms with Gasteiger partial charge in [-0.05, 0) is 69.0 Å². The molecule has 39 heavy (non-hydrogen) atoms. The molecular formula is C28H34ClN5O5. The van der Waals surface area contributed by atoms with Crippen LogP contribution in [0.25, 0.3) is 22.8 Å². The van der Waals surface area contributed by atoms with Gasteiger partial charge in [0.2, 0.25) is 11.7 Å². The number of aliphatic hydroxyl groups excluding tert-OH is 2. The second kappa shape index (κ2) is 13.5. The molecule has 2 heterocycles. The summed E-state index contributed by atoms with van der Waals surface area (Å²) in [5.41, 5.74) is 4.22. The van der Waals surface area contributed by atoms with Gasteiger partial charge >= 0.3 is 0 Å². The molecule has 0 aliphatic carbocycles. The predicted molar refractivity (Wildman–Crippen MR) is 147 cm³/mol. The molecule has 11 heteroatoms. The van der Waals surface area contributed by atoms with E-state index in [0.717, 1.165) is 30.5 Å². The zero-order valence-electron chi connectivity index (χ0n) is 22.3. The van der Waals surface area contributed by atoms with E-state index in [-0.39, 0.29) is 31.7 Å². The van der Waals surface area contributed by atoms with E-state index in [1.165, 1.54) is 5.56 Å². The number of amides is 1. The van der Waals surface area contributed by atoms with E-state index < -0.39 is 18.1 Å². The number of β-amino-alcohol motifs (C(OH)–C–C–N with tert-alkyl or cyclic N) is 1. The molecule has 1 aromatic heterocycles. The Labute approximate surface area is 234 Å². The minimum Gasteiger partial charge on any atom is -0.490 e. The number of ether oxygens (including phenoxy) is 1. The third kappa shape index (κ3) is 7.55. The number of carbonyl (C=O) groups excluding carboxylic acids is 1. The number of hydrogen-bond donors (Lipinski definition) is 3. The summed E-state index contributed by atoms with van der Waals surface area (Å²) in [5, 5.41) is 35.7. The van der Waals surface area contributed by atoms with Gasteiger partial charge in [0.25, 0.3) is 5.89 Å². The zero-order chi connectivity index (χ0) is 27.2. The molecule has 3 N–H and O–H groups in total. The standard InChI is InChI=1S/C28H33N5O5.ClH/c1-17(2)37-25-7-6-22(13-23(25)14-29)28-31-26(32-38-28)21-5-4-19-8-10-33(11-9-20(19)12-21)15-24(35)27(36)30-18(3)16-34;/h4-7,12-13,17-18,24,34-35H,8-11,15-16H2,1-3H3,(H,30,36);1H/t18-,24-;/m1./s1. The summed E-state index contributed by atoms with van der Waals surface area (Å²) in [6.07, 6.45) is 0.327. The Bertz CT molecular complexity index is 1320. The number of nitrogens with one attached hydrogen (secondary N) is 1. The molecule has 1 aliphatic heterocycles. The molecule has 1 amide bonds.